The molecule has 1 amide bonds. The molecule has 150 valence electrons. The van der Waals surface area contributed by atoms with E-state index in [-0.39, 0.29) is 18.0 Å². The molecule has 0 atom stereocenters. The molecule has 0 saturated heterocycles. The summed E-state index contributed by atoms with van der Waals surface area (Å²) in [4.78, 5) is 24.7. The van der Waals surface area contributed by atoms with Gasteiger partial charge in [-0.25, -0.2) is 4.68 Å². The Kier molecular flexibility index (Phi) is 5.97. The number of aryl methyl sites for hydroxylation is 2. The first-order valence-electron chi connectivity index (χ1n) is 9.08. The maximum absolute atomic E-state index is 12.5. The van der Waals surface area contributed by atoms with Crippen molar-refractivity contribution in [2.75, 3.05) is 19.5 Å². The van der Waals surface area contributed by atoms with Crippen LogP contribution >= 0.6 is 0 Å². The Morgan fingerprint density at radius 2 is 1.72 bits per heavy atom. The molecule has 0 radical (unpaired) electrons. The first kappa shape index (κ1) is 20.1. The zero-order chi connectivity index (χ0) is 21.0. The van der Waals surface area contributed by atoms with Gasteiger partial charge in [0.25, 0.3) is 5.56 Å². The monoisotopic (exact) mass is 393 g/mol. The third-order valence-electron chi connectivity index (χ3n) is 4.35. The fourth-order valence-corrected chi connectivity index (χ4v) is 3.10. The van der Waals surface area contributed by atoms with Gasteiger partial charge in [-0.2, -0.15) is 5.10 Å². The number of ether oxygens (including phenoxy) is 2. The number of carbonyl (C=O) groups is 1. The van der Waals surface area contributed by atoms with Gasteiger partial charge in [0.15, 0.2) is 0 Å². The summed E-state index contributed by atoms with van der Waals surface area (Å²) in [6, 6.07) is 14.0. The summed E-state index contributed by atoms with van der Waals surface area (Å²) < 4.78 is 11.8. The number of aromatic nitrogens is 2. The van der Waals surface area contributed by atoms with Crippen molar-refractivity contribution < 1.29 is 14.3 Å². The minimum atomic E-state index is -0.369. The van der Waals surface area contributed by atoms with Crippen LogP contribution in [0.3, 0.4) is 0 Å². The Hall–Kier alpha value is -3.61. The molecule has 0 unspecified atom stereocenters. The molecule has 0 aliphatic heterocycles. The minimum absolute atomic E-state index is 0.202. The van der Waals surface area contributed by atoms with Crippen LogP contribution in [-0.4, -0.2) is 29.9 Å². The number of nitrogens with one attached hydrogen (secondary N) is 1. The van der Waals surface area contributed by atoms with Crippen molar-refractivity contribution in [3.63, 3.8) is 0 Å². The van der Waals surface area contributed by atoms with Gasteiger partial charge in [0.2, 0.25) is 5.91 Å². The number of rotatable bonds is 6. The van der Waals surface area contributed by atoms with Crippen LogP contribution in [-0.2, 0) is 11.3 Å². The van der Waals surface area contributed by atoms with Gasteiger partial charge >= 0.3 is 0 Å². The summed E-state index contributed by atoms with van der Waals surface area (Å²) in [5.74, 6) is 0.885. The van der Waals surface area contributed by atoms with Crippen molar-refractivity contribution in [2.24, 2.45) is 0 Å². The highest BCUT2D eigenvalue weighted by atomic mass is 16.5. The lowest BCUT2D eigenvalue weighted by molar-refractivity contribution is -0.117. The molecule has 7 nitrogen and oxygen atoms in total. The van der Waals surface area contributed by atoms with Gasteiger partial charge in [0.05, 0.1) is 19.9 Å². The van der Waals surface area contributed by atoms with Gasteiger partial charge in [-0.3, -0.25) is 9.59 Å². The van der Waals surface area contributed by atoms with Crippen LogP contribution in [0.15, 0.2) is 53.3 Å². The van der Waals surface area contributed by atoms with E-state index in [2.05, 4.69) is 10.4 Å². The number of anilines is 1. The first-order chi connectivity index (χ1) is 13.9. The SMILES string of the molecule is COc1ccc(OC)c(-c2ccc(=O)n(CC(=O)Nc3cc(C)cc(C)c3)n2)c1. The van der Waals surface area contributed by atoms with Crippen LogP contribution < -0.4 is 20.3 Å². The van der Waals surface area contributed by atoms with Crippen molar-refractivity contribution in [3.05, 3.63) is 70.0 Å². The Balaban J connectivity index is 1.88. The van der Waals surface area contributed by atoms with E-state index in [1.807, 2.05) is 32.0 Å². The Bertz CT molecular complexity index is 1090. The van der Waals surface area contributed by atoms with E-state index in [1.54, 1.807) is 38.5 Å². The molecule has 1 N–H and O–H groups in total. The smallest absolute Gasteiger partial charge is 0.267 e. The van der Waals surface area contributed by atoms with Crippen LogP contribution in [0.1, 0.15) is 11.1 Å². The predicted octanol–water partition coefficient (Wildman–Crippen LogP) is 3.18. The van der Waals surface area contributed by atoms with E-state index < -0.39 is 0 Å². The van der Waals surface area contributed by atoms with Crippen LogP contribution in [0, 0.1) is 13.8 Å². The Morgan fingerprint density at radius 1 is 1.00 bits per heavy atom. The molecular formula is C22H23N3O4. The zero-order valence-electron chi connectivity index (χ0n) is 16.9. The highest BCUT2D eigenvalue weighted by Gasteiger charge is 2.13. The number of amides is 1. The van der Waals surface area contributed by atoms with Crippen LogP contribution in [0.25, 0.3) is 11.3 Å². The quantitative estimate of drug-likeness (QED) is 0.696. The normalized spacial score (nSPS) is 10.5. The largest absolute Gasteiger partial charge is 0.497 e. The fraction of sp³-hybridized carbons (Fsp3) is 0.227. The van der Waals surface area contributed by atoms with Crippen LogP contribution in [0.5, 0.6) is 11.5 Å². The zero-order valence-corrected chi connectivity index (χ0v) is 16.9. The van der Waals surface area contributed by atoms with Crippen LogP contribution in [0.4, 0.5) is 5.69 Å². The average Bonchev–Trinajstić information content (AvgIpc) is 2.68. The van der Waals surface area contributed by atoms with Gasteiger partial charge < -0.3 is 14.8 Å². The van der Waals surface area contributed by atoms with Crippen molar-refractivity contribution in [2.45, 2.75) is 20.4 Å². The van der Waals surface area contributed by atoms with Crippen molar-refractivity contribution in [1.29, 1.82) is 0 Å². The summed E-state index contributed by atoms with van der Waals surface area (Å²) >= 11 is 0. The third-order valence-corrected chi connectivity index (χ3v) is 4.35. The lowest BCUT2D eigenvalue weighted by Crippen LogP contribution is -2.29. The Morgan fingerprint density at radius 3 is 2.38 bits per heavy atom. The lowest BCUT2D eigenvalue weighted by Gasteiger charge is -2.12. The summed E-state index contributed by atoms with van der Waals surface area (Å²) in [5, 5.41) is 7.17. The molecule has 0 aliphatic rings. The summed E-state index contributed by atoms with van der Waals surface area (Å²) in [6.07, 6.45) is 0. The lowest BCUT2D eigenvalue weighted by atomic mass is 10.1. The molecule has 0 bridgehead atoms. The maximum atomic E-state index is 12.5. The molecule has 0 saturated carbocycles. The topological polar surface area (TPSA) is 82.5 Å². The second-order valence-corrected chi connectivity index (χ2v) is 6.71. The first-order valence-corrected chi connectivity index (χ1v) is 9.08. The van der Waals surface area contributed by atoms with Gasteiger partial charge in [0, 0.05) is 17.3 Å². The van der Waals surface area contributed by atoms with E-state index in [9.17, 15) is 9.59 Å². The molecule has 3 aromatic rings. The number of hydrogen-bond donors (Lipinski definition) is 1. The second-order valence-electron chi connectivity index (χ2n) is 6.71. The molecule has 1 aromatic heterocycles. The molecule has 29 heavy (non-hydrogen) atoms. The van der Waals surface area contributed by atoms with Crippen molar-refractivity contribution >= 4 is 11.6 Å². The Labute approximate surface area is 168 Å². The molecule has 0 aliphatic carbocycles. The molecule has 3 rings (SSSR count). The molecule has 7 heteroatoms. The number of hydrogen-bond acceptors (Lipinski definition) is 5. The summed E-state index contributed by atoms with van der Waals surface area (Å²) in [7, 11) is 3.12. The summed E-state index contributed by atoms with van der Waals surface area (Å²) in [6.45, 7) is 3.71. The molecule has 0 spiro atoms. The minimum Gasteiger partial charge on any atom is -0.497 e. The van der Waals surface area contributed by atoms with Crippen molar-refractivity contribution in [1.82, 2.24) is 9.78 Å². The van der Waals surface area contributed by atoms with E-state index in [0.29, 0.717) is 28.4 Å². The molecule has 1 heterocycles. The van der Waals surface area contributed by atoms with Crippen molar-refractivity contribution in [3.8, 4) is 22.8 Å². The average molecular weight is 393 g/mol. The van der Waals surface area contributed by atoms with Gasteiger partial charge in [-0.1, -0.05) is 6.07 Å². The number of benzene rings is 2. The second kappa shape index (κ2) is 8.60. The summed E-state index contributed by atoms with van der Waals surface area (Å²) in [5.41, 5.74) is 3.57. The van der Waals surface area contributed by atoms with Gasteiger partial charge in [-0.15, -0.1) is 0 Å². The predicted molar refractivity (Wildman–Crippen MR) is 112 cm³/mol. The highest BCUT2D eigenvalue weighted by molar-refractivity contribution is 5.90. The van der Waals surface area contributed by atoms with E-state index in [4.69, 9.17) is 9.47 Å². The van der Waals surface area contributed by atoms with Gasteiger partial charge in [-0.05, 0) is 61.4 Å². The van der Waals surface area contributed by atoms with E-state index >= 15 is 0 Å². The fourth-order valence-electron chi connectivity index (χ4n) is 3.10. The molecule has 2 aromatic carbocycles. The highest BCUT2D eigenvalue weighted by Crippen LogP contribution is 2.31. The van der Waals surface area contributed by atoms with Crippen LogP contribution in [0.2, 0.25) is 0 Å². The van der Waals surface area contributed by atoms with E-state index in [1.165, 1.54) is 6.07 Å². The number of carbonyl (C=O) groups excluding carboxylic acids is 1. The molecular weight excluding hydrogens is 370 g/mol. The standard InChI is InChI=1S/C22H23N3O4/c1-14-9-15(2)11-16(10-14)23-21(26)13-25-22(27)8-6-19(24-25)18-12-17(28-3)5-7-20(18)29-4/h5-12H,13H2,1-4H3,(H,23,26). The third kappa shape index (κ3) is 4.82. The number of nitrogens with zero attached hydrogens (tertiary/aromatic N) is 2. The molecule has 0 fully saturated rings. The van der Waals surface area contributed by atoms with Gasteiger partial charge in [0.1, 0.15) is 18.0 Å². The number of methoxy groups -OCH3 is 2. The maximum Gasteiger partial charge on any atom is 0.267 e. The van der Waals surface area contributed by atoms with E-state index in [0.717, 1.165) is 15.8 Å².